The van der Waals surface area contributed by atoms with Crippen molar-refractivity contribution in [1.29, 1.82) is 0 Å². The van der Waals surface area contributed by atoms with E-state index in [-0.39, 0.29) is 17.3 Å². The molecular formula is C14H24FN3O2S. The summed E-state index contributed by atoms with van der Waals surface area (Å²) in [5.74, 6) is -0.362. The number of hydrogen-bond acceptors (Lipinski definition) is 4. The summed E-state index contributed by atoms with van der Waals surface area (Å²) in [6.07, 6.45) is 0. The fraction of sp³-hybridized carbons (Fsp3) is 0.571. The van der Waals surface area contributed by atoms with Crippen LogP contribution in [0, 0.1) is 12.7 Å². The van der Waals surface area contributed by atoms with Crippen LogP contribution in [0.25, 0.3) is 0 Å². The third kappa shape index (κ3) is 4.47. The minimum absolute atomic E-state index is 0.132. The highest BCUT2D eigenvalue weighted by Crippen LogP contribution is 2.21. The van der Waals surface area contributed by atoms with Crippen LogP contribution in [-0.4, -0.2) is 58.9 Å². The first kappa shape index (κ1) is 18.0. The molecule has 120 valence electrons. The lowest BCUT2D eigenvalue weighted by Gasteiger charge is -2.20. The highest BCUT2D eigenvalue weighted by atomic mass is 32.2. The maximum Gasteiger partial charge on any atom is 0.242 e. The molecule has 0 aliphatic rings. The van der Waals surface area contributed by atoms with Gasteiger partial charge in [-0.1, -0.05) is 0 Å². The van der Waals surface area contributed by atoms with Gasteiger partial charge in [0.25, 0.3) is 0 Å². The van der Waals surface area contributed by atoms with Crippen molar-refractivity contribution in [3.05, 3.63) is 29.1 Å². The molecule has 0 atom stereocenters. The van der Waals surface area contributed by atoms with E-state index in [9.17, 15) is 12.8 Å². The lowest BCUT2D eigenvalue weighted by Crippen LogP contribution is -2.33. The smallest absolute Gasteiger partial charge is 0.242 e. The molecule has 0 amide bonds. The zero-order valence-electron chi connectivity index (χ0n) is 13.3. The van der Waals surface area contributed by atoms with Crippen LogP contribution in [0.4, 0.5) is 4.39 Å². The second kappa shape index (κ2) is 7.31. The van der Waals surface area contributed by atoms with E-state index in [1.54, 1.807) is 14.0 Å². The predicted molar refractivity (Wildman–Crippen MR) is 82.3 cm³/mol. The molecular weight excluding hydrogens is 293 g/mol. The zero-order chi connectivity index (χ0) is 16.2. The molecule has 0 spiro atoms. The minimum atomic E-state index is -3.60. The molecule has 21 heavy (non-hydrogen) atoms. The van der Waals surface area contributed by atoms with Crippen LogP contribution in [0.2, 0.25) is 0 Å². The van der Waals surface area contributed by atoms with Crippen molar-refractivity contribution in [2.75, 3.05) is 41.3 Å². The van der Waals surface area contributed by atoms with Crippen LogP contribution in [0.1, 0.15) is 11.1 Å². The van der Waals surface area contributed by atoms with Crippen LogP contribution >= 0.6 is 0 Å². The molecule has 0 heterocycles. The van der Waals surface area contributed by atoms with E-state index in [2.05, 4.69) is 5.32 Å². The van der Waals surface area contributed by atoms with E-state index in [4.69, 9.17) is 0 Å². The normalized spacial score (nSPS) is 12.4. The summed E-state index contributed by atoms with van der Waals surface area (Å²) in [5.41, 5.74) is 0.694. The van der Waals surface area contributed by atoms with E-state index >= 15 is 0 Å². The third-order valence-electron chi connectivity index (χ3n) is 3.24. The monoisotopic (exact) mass is 317 g/mol. The topological polar surface area (TPSA) is 52.7 Å². The molecule has 0 saturated heterocycles. The van der Waals surface area contributed by atoms with E-state index in [1.165, 1.54) is 23.5 Å². The third-order valence-corrected chi connectivity index (χ3v) is 5.08. The standard InChI is InChI=1S/C14H24FN3O2S/c1-11-8-13(9-12(10-16-2)14(11)15)21(19,20)18(5)7-6-17(3)4/h8-9,16H,6-7,10H2,1-5H3. The summed E-state index contributed by atoms with van der Waals surface area (Å²) in [6, 6.07) is 2.79. The number of likely N-dealkylation sites (N-methyl/N-ethyl adjacent to an activating group) is 2. The Hall–Kier alpha value is -1.02. The Bertz CT molecular complexity index is 588. The van der Waals surface area contributed by atoms with Gasteiger partial charge in [0.15, 0.2) is 0 Å². The average Bonchev–Trinajstić information content (AvgIpc) is 2.40. The molecule has 0 fully saturated rings. The molecule has 0 aromatic heterocycles. The average molecular weight is 317 g/mol. The maximum atomic E-state index is 14.0. The molecule has 0 unspecified atom stereocenters. The summed E-state index contributed by atoms with van der Waals surface area (Å²) >= 11 is 0. The summed E-state index contributed by atoms with van der Waals surface area (Å²) in [7, 11) is 3.39. The molecule has 0 radical (unpaired) electrons. The van der Waals surface area contributed by atoms with Crippen molar-refractivity contribution in [3.8, 4) is 0 Å². The Labute approximate surface area is 126 Å². The highest BCUT2D eigenvalue weighted by molar-refractivity contribution is 7.89. The van der Waals surface area contributed by atoms with Gasteiger partial charge < -0.3 is 10.2 Å². The molecule has 7 heteroatoms. The summed E-state index contributed by atoms with van der Waals surface area (Å²) < 4.78 is 40.3. The van der Waals surface area contributed by atoms with Crippen molar-refractivity contribution in [2.24, 2.45) is 0 Å². The van der Waals surface area contributed by atoms with Gasteiger partial charge in [-0.05, 0) is 45.8 Å². The Morgan fingerprint density at radius 3 is 2.33 bits per heavy atom. The fourth-order valence-electron chi connectivity index (χ4n) is 1.92. The number of halogens is 1. The second-order valence-corrected chi connectivity index (χ2v) is 7.42. The van der Waals surface area contributed by atoms with E-state index < -0.39 is 10.0 Å². The van der Waals surface area contributed by atoms with Gasteiger partial charge in [-0.15, -0.1) is 0 Å². The van der Waals surface area contributed by atoms with Crippen molar-refractivity contribution < 1.29 is 12.8 Å². The SMILES string of the molecule is CNCc1cc(S(=O)(=O)N(C)CCN(C)C)cc(C)c1F. The lowest BCUT2D eigenvalue weighted by atomic mass is 10.1. The van der Waals surface area contributed by atoms with E-state index in [0.29, 0.717) is 24.2 Å². The van der Waals surface area contributed by atoms with Crippen molar-refractivity contribution >= 4 is 10.0 Å². The number of sulfonamides is 1. The van der Waals surface area contributed by atoms with Gasteiger partial charge in [-0.25, -0.2) is 12.8 Å². The first-order chi connectivity index (χ1) is 9.70. The maximum absolute atomic E-state index is 14.0. The number of benzene rings is 1. The Morgan fingerprint density at radius 1 is 1.19 bits per heavy atom. The number of rotatable bonds is 7. The molecule has 1 aromatic rings. The Morgan fingerprint density at radius 2 is 1.81 bits per heavy atom. The molecule has 1 rings (SSSR count). The van der Waals surface area contributed by atoms with Gasteiger partial charge >= 0.3 is 0 Å². The molecule has 0 bridgehead atoms. The lowest BCUT2D eigenvalue weighted by molar-refractivity contribution is 0.358. The minimum Gasteiger partial charge on any atom is -0.316 e. The first-order valence-electron chi connectivity index (χ1n) is 6.74. The zero-order valence-corrected chi connectivity index (χ0v) is 14.1. The van der Waals surface area contributed by atoms with Crippen LogP contribution < -0.4 is 5.32 Å². The quantitative estimate of drug-likeness (QED) is 0.816. The van der Waals surface area contributed by atoms with Gasteiger partial charge in [0, 0.05) is 32.2 Å². The highest BCUT2D eigenvalue weighted by Gasteiger charge is 2.23. The fourth-order valence-corrected chi connectivity index (χ4v) is 3.21. The predicted octanol–water partition coefficient (Wildman–Crippen LogP) is 1.04. The first-order valence-corrected chi connectivity index (χ1v) is 8.18. The molecule has 0 aliphatic heterocycles. The van der Waals surface area contributed by atoms with Crippen LogP contribution in [0.5, 0.6) is 0 Å². The van der Waals surface area contributed by atoms with E-state index in [1.807, 2.05) is 19.0 Å². The van der Waals surface area contributed by atoms with E-state index in [0.717, 1.165) is 0 Å². The number of nitrogens with one attached hydrogen (secondary N) is 1. The molecule has 1 aromatic carbocycles. The van der Waals surface area contributed by atoms with Gasteiger partial charge in [-0.3, -0.25) is 0 Å². The number of nitrogens with zero attached hydrogens (tertiary/aromatic N) is 2. The van der Waals surface area contributed by atoms with Crippen LogP contribution in [0.15, 0.2) is 17.0 Å². The summed E-state index contributed by atoms with van der Waals surface area (Å²) in [5, 5.41) is 2.84. The summed E-state index contributed by atoms with van der Waals surface area (Å²) in [6.45, 7) is 2.87. The molecule has 5 nitrogen and oxygen atoms in total. The van der Waals surface area contributed by atoms with Crippen molar-refractivity contribution in [1.82, 2.24) is 14.5 Å². The van der Waals surface area contributed by atoms with Crippen LogP contribution in [-0.2, 0) is 16.6 Å². The van der Waals surface area contributed by atoms with Crippen molar-refractivity contribution in [3.63, 3.8) is 0 Å². The second-order valence-electron chi connectivity index (χ2n) is 5.37. The van der Waals surface area contributed by atoms with Gasteiger partial charge in [0.2, 0.25) is 10.0 Å². The van der Waals surface area contributed by atoms with Crippen molar-refractivity contribution in [2.45, 2.75) is 18.4 Å². The van der Waals surface area contributed by atoms with Gasteiger partial charge in [0.05, 0.1) is 4.90 Å². The molecule has 0 aliphatic carbocycles. The van der Waals surface area contributed by atoms with Crippen LogP contribution in [0.3, 0.4) is 0 Å². The largest absolute Gasteiger partial charge is 0.316 e. The van der Waals surface area contributed by atoms with Gasteiger partial charge in [-0.2, -0.15) is 4.31 Å². The number of aryl methyl sites for hydroxylation is 1. The Kier molecular flexibility index (Phi) is 6.27. The molecule has 0 saturated carbocycles. The van der Waals surface area contributed by atoms with Gasteiger partial charge in [0.1, 0.15) is 5.82 Å². The Balaban J connectivity index is 3.13. The molecule has 1 N–H and O–H groups in total. The summed E-state index contributed by atoms with van der Waals surface area (Å²) in [4.78, 5) is 2.04. The number of hydrogen-bond donors (Lipinski definition) is 1.